The van der Waals surface area contributed by atoms with Crippen molar-refractivity contribution >= 4 is 11.6 Å². The Labute approximate surface area is 170 Å². The van der Waals surface area contributed by atoms with Crippen LogP contribution in [0.25, 0.3) is 16.8 Å². The molecule has 1 N–H and O–H groups in total. The van der Waals surface area contributed by atoms with Crippen molar-refractivity contribution in [2.24, 2.45) is 0 Å². The van der Waals surface area contributed by atoms with E-state index in [1.165, 1.54) is 5.56 Å². The molecule has 0 aliphatic heterocycles. The first-order valence-electron chi connectivity index (χ1n) is 9.73. The van der Waals surface area contributed by atoms with Crippen LogP contribution in [0, 0.1) is 20.8 Å². The Morgan fingerprint density at radius 3 is 2.52 bits per heavy atom. The molecular weight excluding hydrogens is 360 g/mol. The van der Waals surface area contributed by atoms with Gasteiger partial charge >= 0.3 is 0 Å². The summed E-state index contributed by atoms with van der Waals surface area (Å²) >= 11 is 0. The van der Waals surface area contributed by atoms with Crippen LogP contribution in [0.5, 0.6) is 0 Å². The van der Waals surface area contributed by atoms with E-state index in [9.17, 15) is 4.79 Å². The van der Waals surface area contributed by atoms with Gasteiger partial charge in [-0.25, -0.2) is 9.50 Å². The van der Waals surface area contributed by atoms with Gasteiger partial charge < -0.3 is 5.32 Å². The number of hydrogen-bond acceptors (Lipinski definition) is 3. The summed E-state index contributed by atoms with van der Waals surface area (Å²) in [6.45, 7) is 7.92. The summed E-state index contributed by atoms with van der Waals surface area (Å²) in [7, 11) is 0. The Bertz CT molecular complexity index is 1190. The third kappa shape index (κ3) is 3.51. The highest BCUT2D eigenvalue weighted by Crippen LogP contribution is 2.29. The number of aromatic nitrogens is 3. The first-order chi connectivity index (χ1) is 14.0. The molecule has 146 valence electrons. The summed E-state index contributed by atoms with van der Waals surface area (Å²) in [5.74, 6) is -0.154. The summed E-state index contributed by atoms with van der Waals surface area (Å²) in [6, 6.07) is 18.1. The van der Waals surface area contributed by atoms with Crippen LogP contribution in [0.4, 0.5) is 0 Å². The Morgan fingerprint density at radius 1 is 1.03 bits per heavy atom. The molecule has 1 amide bonds. The smallest absolute Gasteiger partial charge is 0.255 e. The molecule has 4 aromatic rings. The SMILES string of the molecule is Cc1cccc(-c2c(C)nn3c(C)c(C(=O)N[C@@H](C)c4ccccc4)cnc23)c1. The molecule has 0 unspecified atom stereocenters. The number of carbonyl (C=O) groups excluding carboxylic acids is 1. The standard InChI is InChI=1S/C24H24N4O/c1-15-9-8-12-20(13-15)22-17(3)27-28-18(4)21(14-25-23(22)28)24(29)26-16(2)19-10-6-5-7-11-19/h5-14,16H,1-4H3,(H,26,29)/t16-/m0/s1. The van der Waals surface area contributed by atoms with Crippen molar-refractivity contribution in [3.8, 4) is 11.1 Å². The summed E-state index contributed by atoms with van der Waals surface area (Å²) in [4.78, 5) is 17.5. The van der Waals surface area contributed by atoms with Gasteiger partial charge in [0.2, 0.25) is 0 Å². The zero-order valence-electron chi connectivity index (χ0n) is 17.1. The van der Waals surface area contributed by atoms with Crippen LogP contribution in [-0.2, 0) is 0 Å². The lowest BCUT2D eigenvalue weighted by Gasteiger charge is -2.15. The van der Waals surface area contributed by atoms with Gasteiger partial charge in [0, 0.05) is 11.8 Å². The fourth-order valence-electron chi connectivity index (χ4n) is 3.66. The van der Waals surface area contributed by atoms with Crippen LogP contribution >= 0.6 is 0 Å². The predicted molar refractivity (Wildman–Crippen MR) is 115 cm³/mol. The third-order valence-electron chi connectivity index (χ3n) is 5.26. The number of fused-ring (bicyclic) bond motifs is 1. The topological polar surface area (TPSA) is 59.3 Å². The normalized spacial score (nSPS) is 12.1. The Balaban J connectivity index is 1.71. The minimum absolute atomic E-state index is 0.0963. The van der Waals surface area contributed by atoms with Crippen molar-refractivity contribution in [1.29, 1.82) is 0 Å². The van der Waals surface area contributed by atoms with E-state index >= 15 is 0 Å². The van der Waals surface area contributed by atoms with Gasteiger partial charge in [0.15, 0.2) is 5.65 Å². The van der Waals surface area contributed by atoms with Crippen LogP contribution in [0.2, 0.25) is 0 Å². The average Bonchev–Trinajstić information content (AvgIpc) is 3.05. The molecular formula is C24H24N4O. The molecule has 0 saturated carbocycles. The number of amides is 1. The minimum atomic E-state index is -0.154. The van der Waals surface area contributed by atoms with Crippen molar-refractivity contribution in [3.63, 3.8) is 0 Å². The highest BCUT2D eigenvalue weighted by Gasteiger charge is 2.20. The maximum absolute atomic E-state index is 12.9. The largest absolute Gasteiger partial charge is 0.345 e. The van der Waals surface area contributed by atoms with E-state index in [0.29, 0.717) is 5.56 Å². The van der Waals surface area contributed by atoms with Gasteiger partial charge in [-0.2, -0.15) is 5.10 Å². The summed E-state index contributed by atoms with van der Waals surface area (Å²) in [5.41, 5.74) is 7.28. The first kappa shape index (κ1) is 18.9. The van der Waals surface area contributed by atoms with Crippen molar-refractivity contribution in [2.75, 3.05) is 0 Å². The molecule has 0 fully saturated rings. The molecule has 0 aliphatic carbocycles. The van der Waals surface area contributed by atoms with Gasteiger partial charge in [-0.05, 0) is 38.8 Å². The lowest BCUT2D eigenvalue weighted by Crippen LogP contribution is -2.28. The molecule has 0 saturated heterocycles. The van der Waals surface area contributed by atoms with Crippen molar-refractivity contribution in [3.05, 3.63) is 88.9 Å². The number of nitrogens with one attached hydrogen (secondary N) is 1. The molecule has 0 spiro atoms. The minimum Gasteiger partial charge on any atom is -0.345 e. The van der Waals surface area contributed by atoms with Gasteiger partial charge in [0.1, 0.15) is 0 Å². The lowest BCUT2D eigenvalue weighted by atomic mass is 10.0. The molecule has 2 aromatic carbocycles. The summed E-state index contributed by atoms with van der Waals surface area (Å²) in [5, 5.41) is 7.73. The molecule has 5 heteroatoms. The number of benzene rings is 2. The second kappa shape index (κ2) is 7.51. The molecule has 2 aromatic heterocycles. The van der Waals surface area contributed by atoms with E-state index in [1.807, 2.05) is 57.2 Å². The summed E-state index contributed by atoms with van der Waals surface area (Å²) in [6.07, 6.45) is 1.65. The zero-order valence-corrected chi connectivity index (χ0v) is 17.1. The lowest BCUT2D eigenvalue weighted by molar-refractivity contribution is 0.0938. The van der Waals surface area contributed by atoms with E-state index in [2.05, 4.69) is 40.5 Å². The van der Waals surface area contributed by atoms with E-state index in [-0.39, 0.29) is 11.9 Å². The molecule has 5 nitrogen and oxygen atoms in total. The zero-order chi connectivity index (χ0) is 20.5. The predicted octanol–water partition coefficient (Wildman–Crippen LogP) is 4.81. The van der Waals surface area contributed by atoms with E-state index in [0.717, 1.165) is 33.7 Å². The maximum Gasteiger partial charge on any atom is 0.255 e. The van der Waals surface area contributed by atoms with E-state index in [1.54, 1.807) is 10.7 Å². The first-order valence-corrected chi connectivity index (χ1v) is 9.73. The Hall–Kier alpha value is -3.47. The Kier molecular flexibility index (Phi) is 4.89. The van der Waals surface area contributed by atoms with Crippen molar-refractivity contribution in [2.45, 2.75) is 33.7 Å². The van der Waals surface area contributed by atoms with Gasteiger partial charge in [0.25, 0.3) is 5.91 Å². The fraction of sp³-hybridized carbons (Fsp3) is 0.208. The van der Waals surface area contributed by atoms with Gasteiger partial charge in [-0.1, -0.05) is 60.2 Å². The average molecular weight is 384 g/mol. The fourth-order valence-corrected chi connectivity index (χ4v) is 3.66. The summed E-state index contributed by atoms with van der Waals surface area (Å²) < 4.78 is 1.77. The molecule has 0 bridgehead atoms. The number of hydrogen-bond donors (Lipinski definition) is 1. The number of carbonyl (C=O) groups is 1. The molecule has 4 rings (SSSR count). The number of aryl methyl sites for hydroxylation is 3. The van der Waals surface area contributed by atoms with E-state index in [4.69, 9.17) is 0 Å². The quantitative estimate of drug-likeness (QED) is 0.549. The third-order valence-corrected chi connectivity index (χ3v) is 5.26. The molecule has 2 heterocycles. The molecule has 0 aliphatic rings. The van der Waals surface area contributed by atoms with Crippen LogP contribution in [0.15, 0.2) is 60.8 Å². The second-order valence-electron chi connectivity index (χ2n) is 7.43. The van der Waals surface area contributed by atoms with E-state index < -0.39 is 0 Å². The van der Waals surface area contributed by atoms with Crippen molar-refractivity contribution < 1.29 is 4.79 Å². The highest BCUT2D eigenvalue weighted by atomic mass is 16.1. The van der Waals surface area contributed by atoms with Crippen LogP contribution < -0.4 is 5.32 Å². The van der Waals surface area contributed by atoms with Crippen molar-refractivity contribution in [1.82, 2.24) is 19.9 Å². The van der Waals surface area contributed by atoms with Gasteiger partial charge in [0.05, 0.1) is 23.0 Å². The van der Waals surface area contributed by atoms with Crippen LogP contribution in [-0.4, -0.2) is 20.5 Å². The maximum atomic E-state index is 12.9. The highest BCUT2D eigenvalue weighted by molar-refractivity contribution is 5.96. The second-order valence-corrected chi connectivity index (χ2v) is 7.43. The molecule has 29 heavy (non-hydrogen) atoms. The number of nitrogens with zero attached hydrogens (tertiary/aromatic N) is 3. The molecule has 1 atom stereocenters. The van der Waals surface area contributed by atoms with Crippen LogP contribution in [0.1, 0.15) is 45.8 Å². The van der Waals surface area contributed by atoms with Crippen LogP contribution in [0.3, 0.4) is 0 Å². The number of rotatable bonds is 4. The molecule has 0 radical (unpaired) electrons. The van der Waals surface area contributed by atoms with Gasteiger partial charge in [-0.3, -0.25) is 4.79 Å². The Morgan fingerprint density at radius 2 is 1.79 bits per heavy atom. The monoisotopic (exact) mass is 384 g/mol. The van der Waals surface area contributed by atoms with Gasteiger partial charge in [-0.15, -0.1) is 0 Å².